The molecule has 0 aliphatic heterocycles. The smallest absolute Gasteiger partial charge is 0.326 e. The Balaban J connectivity index is 2.73. The van der Waals surface area contributed by atoms with E-state index in [9.17, 15) is 14.4 Å². The Bertz CT molecular complexity index is 430. The predicted octanol–water partition coefficient (Wildman–Crippen LogP) is 1.06. The fourth-order valence-corrected chi connectivity index (χ4v) is 1.60. The number of halogens is 1. The number of hydrogen-bond acceptors (Lipinski definition) is 3. The minimum atomic E-state index is -1.23. The van der Waals surface area contributed by atoms with E-state index in [1.165, 1.54) is 0 Å². The molecule has 0 aliphatic carbocycles. The van der Waals surface area contributed by atoms with Crippen LogP contribution in [0.4, 0.5) is 0 Å². The van der Waals surface area contributed by atoms with Gasteiger partial charge in [0.2, 0.25) is 6.41 Å². The summed E-state index contributed by atoms with van der Waals surface area (Å²) in [6.45, 7) is 0. The lowest BCUT2D eigenvalue weighted by atomic mass is 10.0. The second-order valence-corrected chi connectivity index (χ2v) is 4.56. The van der Waals surface area contributed by atoms with E-state index in [0.717, 1.165) is 3.57 Å². The molecular formula is C11H10INO4. The first-order chi connectivity index (χ1) is 8.04. The first kappa shape index (κ1) is 13.6. The van der Waals surface area contributed by atoms with Gasteiger partial charge >= 0.3 is 5.97 Å². The number of aliphatic carboxylic acids is 1. The minimum absolute atomic E-state index is 0.255. The van der Waals surface area contributed by atoms with Crippen molar-refractivity contribution in [2.24, 2.45) is 0 Å². The topological polar surface area (TPSA) is 83.5 Å². The maximum absolute atomic E-state index is 11.7. The minimum Gasteiger partial charge on any atom is -0.480 e. The van der Waals surface area contributed by atoms with Crippen LogP contribution in [0.15, 0.2) is 24.3 Å². The van der Waals surface area contributed by atoms with Gasteiger partial charge in [0.1, 0.15) is 6.04 Å². The van der Waals surface area contributed by atoms with Crippen LogP contribution in [-0.2, 0) is 9.59 Å². The molecule has 1 aromatic carbocycles. The molecule has 1 rings (SSSR count). The molecule has 5 nitrogen and oxygen atoms in total. The maximum Gasteiger partial charge on any atom is 0.326 e. The molecule has 0 radical (unpaired) electrons. The zero-order valence-electron chi connectivity index (χ0n) is 8.72. The van der Waals surface area contributed by atoms with Crippen molar-refractivity contribution >= 4 is 40.8 Å². The van der Waals surface area contributed by atoms with Crippen LogP contribution in [0.2, 0.25) is 0 Å². The lowest BCUT2D eigenvalue weighted by Crippen LogP contribution is -2.37. The van der Waals surface area contributed by atoms with Crippen molar-refractivity contribution in [3.63, 3.8) is 0 Å². The van der Waals surface area contributed by atoms with Crippen molar-refractivity contribution in [1.82, 2.24) is 5.32 Å². The van der Waals surface area contributed by atoms with Gasteiger partial charge in [-0.3, -0.25) is 9.59 Å². The van der Waals surface area contributed by atoms with Gasteiger partial charge in [-0.05, 0) is 34.7 Å². The number of carbonyl (C=O) groups excluding carboxylic acids is 2. The largest absolute Gasteiger partial charge is 0.480 e. The summed E-state index contributed by atoms with van der Waals surface area (Å²) < 4.78 is 0.986. The number of carboxylic acids is 1. The van der Waals surface area contributed by atoms with Gasteiger partial charge in [-0.1, -0.05) is 12.1 Å². The molecule has 0 fully saturated rings. The van der Waals surface area contributed by atoms with E-state index in [2.05, 4.69) is 27.9 Å². The highest BCUT2D eigenvalue weighted by Gasteiger charge is 2.20. The van der Waals surface area contributed by atoms with Gasteiger partial charge in [0.15, 0.2) is 5.78 Å². The highest BCUT2D eigenvalue weighted by Crippen LogP contribution is 2.10. The Morgan fingerprint density at radius 3 is 2.41 bits per heavy atom. The molecule has 0 saturated heterocycles. The summed E-state index contributed by atoms with van der Waals surface area (Å²) in [5.74, 6) is -1.54. The Labute approximate surface area is 111 Å². The molecule has 1 atom stereocenters. The number of Topliss-reactive ketones (excluding diaryl/α,β-unsaturated/α-hetero) is 1. The lowest BCUT2D eigenvalue weighted by Gasteiger charge is -2.09. The average molecular weight is 347 g/mol. The standard InChI is InChI=1S/C11H10INO4/c12-8-3-1-7(2-4-8)10(15)5-9(11(16)17)13-6-14/h1-4,6,9H,5H2,(H,13,14)(H,16,17). The van der Waals surface area contributed by atoms with Crippen molar-refractivity contribution in [2.75, 3.05) is 0 Å². The summed E-state index contributed by atoms with van der Waals surface area (Å²) >= 11 is 2.11. The quantitative estimate of drug-likeness (QED) is 0.458. The molecule has 1 amide bonds. The number of hydrogen-bond donors (Lipinski definition) is 2. The number of amides is 1. The number of benzene rings is 1. The van der Waals surface area contributed by atoms with Gasteiger partial charge < -0.3 is 10.4 Å². The van der Waals surface area contributed by atoms with Gasteiger partial charge in [0, 0.05) is 15.6 Å². The maximum atomic E-state index is 11.7. The van der Waals surface area contributed by atoms with Crippen LogP contribution >= 0.6 is 22.6 Å². The SMILES string of the molecule is O=CNC(CC(=O)c1ccc(I)cc1)C(=O)O. The van der Waals surface area contributed by atoms with E-state index in [0.29, 0.717) is 5.56 Å². The predicted molar refractivity (Wildman–Crippen MR) is 68.7 cm³/mol. The van der Waals surface area contributed by atoms with Crippen molar-refractivity contribution in [3.8, 4) is 0 Å². The molecule has 1 aromatic rings. The first-order valence-electron chi connectivity index (χ1n) is 4.76. The van der Waals surface area contributed by atoms with Gasteiger partial charge in [0.25, 0.3) is 0 Å². The summed E-state index contributed by atoms with van der Waals surface area (Å²) in [6, 6.07) is 5.60. The van der Waals surface area contributed by atoms with E-state index in [4.69, 9.17) is 5.11 Å². The molecule has 2 N–H and O–H groups in total. The summed E-state index contributed by atoms with van der Waals surface area (Å²) in [6.07, 6.45) is 0.0225. The van der Waals surface area contributed by atoms with Crippen LogP contribution in [0, 0.1) is 3.57 Å². The third kappa shape index (κ3) is 4.14. The fraction of sp³-hybridized carbons (Fsp3) is 0.182. The summed E-state index contributed by atoms with van der Waals surface area (Å²) in [5, 5.41) is 10.9. The van der Waals surface area contributed by atoms with Gasteiger partial charge in [-0.15, -0.1) is 0 Å². The molecule has 0 aliphatic rings. The molecular weight excluding hydrogens is 337 g/mol. The summed E-state index contributed by atoms with van der Waals surface area (Å²) in [7, 11) is 0. The van der Waals surface area contributed by atoms with E-state index in [1.807, 2.05) is 0 Å². The van der Waals surface area contributed by atoms with E-state index in [-0.39, 0.29) is 18.6 Å². The highest BCUT2D eigenvalue weighted by atomic mass is 127. The van der Waals surface area contributed by atoms with Crippen LogP contribution in [0.1, 0.15) is 16.8 Å². The van der Waals surface area contributed by atoms with E-state index in [1.54, 1.807) is 24.3 Å². The number of ketones is 1. The number of nitrogens with one attached hydrogen (secondary N) is 1. The lowest BCUT2D eigenvalue weighted by molar-refractivity contribution is -0.140. The Morgan fingerprint density at radius 2 is 1.94 bits per heavy atom. The number of rotatable bonds is 6. The van der Waals surface area contributed by atoms with Gasteiger partial charge in [0.05, 0.1) is 0 Å². The van der Waals surface area contributed by atoms with E-state index < -0.39 is 12.0 Å². The van der Waals surface area contributed by atoms with Crippen molar-refractivity contribution in [3.05, 3.63) is 33.4 Å². The normalized spacial score (nSPS) is 11.6. The molecule has 0 spiro atoms. The molecule has 0 heterocycles. The first-order valence-corrected chi connectivity index (χ1v) is 5.83. The summed E-state index contributed by atoms with van der Waals surface area (Å²) in [5.41, 5.74) is 0.435. The third-order valence-electron chi connectivity index (χ3n) is 2.12. The molecule has 17 heavy (non-hydrogen) atoms. The number of carboxylic acid groups (broad SMARTS) is 1. The van der Waals surface area contributed by atoms with E-state index >= 15 is 0 Å². The zero-order valence-corrected chi connectivity index (χ0v) is 10.9. The average Bonchev–Trinajstić information content (AvgIpc) is 2.29. The van der Waals surface area contributed by atoms with Crippen LogP contribution in [0.5, 0.6) is 0 Å². The van der Waals surface area contributed by atoms with Crippen LogP contribution in [-0.4, -0.2) is 29.3 Å². The Morgan fingerprint density at radius 1 is 1.35 bits per heavy atom. The molecule has 6 heteroatoms. The zero-order chi connectivity index (χ0) is 12.8. The second kappa shape index (κ2) is 6.33. The van der Waals surface area contributed by atoms with Crippen LogP contribution < -0.4 is 5.32 Å². The summed E-state index contributed by atoms with van der Waals surface area (Å²) in [4.78, 5) is 32.7. The van der Waals surface area contributed by atoms with Crippen molar-refractivity contribution < 1.29 is 19.5 Å². The monoisotopic (exact) mass is 347 g/mol. The third-order valence-corrected chi connectivity index (χ3v) is 2.84. The second-order valence-electron chi connectivity index (χ2n) is 3.31. The molecule has 90 valence electrons. The van der Waals surface area contributed by atoms with Crippen molar-refractivity contribution in [2.45, 2.75) is 12.5 Å². The Kier molecular flexibility index (Phi) is 5.08. The highest BCUT2D eigenvalue weighted by molar-refractivity contribution is 14.1. The Hall–Kier alpha value is -1.44. The van der Waals surface area contributed by atoms with Crippen LogP contribution in [0.25, 0.3) is 0 Å². The molecule has 0 saturated carbocycles. The van der Waals surface area contributed by atoms with Gasteiger partial charge in [-0.25, -0.2) is 4.79 Å². The molecule has 1 unspecified atom stereocenters. The molecule has 0 bridgehead atoms. The fourth-order valence-electron chi connectivity index (χ4n) is 1.24. The number of carbonyl (C=O) groups is 3. The van der Waals surface area contributed by atoms with Gasteiger partial charge in [-0.2, -0.15) is 0 Å². The van der Waals surface area contributed by atoms with Crippen molar-refractivity contribution in [1.29, 1.82) is 0 Å². The van der Waals surface area contributed by atoms with Crippen LogP contribution in [0.3, 0.4) is 0 Å². The molecule has 0 aromatic heterocycles.